The first kappa shape index (κ1) is 20.2. The highest BCUT2D eigenvalue weighted by Gasteiger charge is 2.13. The monoisotopic (exact) mass is 413 g/mol. The summed E-state index contributed by atoms with van der Waals surface area (Å²) in [7, 11) is 0. The third-order valence-electron chi connectivity index (χ3n) is 4.69. The van der Waals surface area contributed by atoms with Crippen LogP contribution in [0.1, 0.15) is 35.8 Å². The van der Waals surface area contributed by atoms with E-state index in [2.05, 4.69) is 30.8 Å². The Hall–Kier alpha value is -4.07. The highest BCUT2D eigenvalue weighted by molar-refractivity contribution is 6.04. The van der Waals surface area contributed by atoms with Gasteiger partial charge in [-0.25, -0.2) is 4.98 Å². The topological polar surface area (TPSA) is 97.6 Å². The lowest BCUT2D eigenvalue weighted by Gasteiger charge is -2.11. The predicted molar refractivity (Wildman–Crippen MR) is 120 cm³/mol. The van der Waals surface area contributed by atoms with E-state index in [1.54, 1.807) is 24.7 Å². The lowest BCUT2D eigenvalue weighted by Crippen LogP contribution is -2.14. The molecule has 4 rings (SSSR count). The van der Waals surface area contributed by atoms with Crippen LogP contribution in [0.5, 0.6) is 0 Å². The lowest BCUT2D eigenvalue weighted by atomic mass is 10.2. The molecule has 0 atom stereocenters. The van der Waals surface area contributed by atoms with Crippen LogP contribution in [0.4, 0.5) is 11.5 Å². The van der Waals surface area contributed by atoms with Crippen LogP contribution in [-0.2, 0) is 6.54 Å². The van der Waals surface area contributed by atoms with E-state index >= 15 is 0 Å². The van der Waals surface area contributed by atoms with E-state index < -0.39 is 0 Å². The maximum absolute atomic E-state index is 12.8. The van der Waals surface area contributed by atoms with Crippen LogP contribution in [0.15, 0.2) is 73.3 Å². The average Bonchev–Trinajstić information content (AvgIpc) is 3.29. The third-order valence-corrected chi connectivity index (χ3v) is 4.69. The zero-order chi connectivity index (χ0) is 21.6. The van der Waals surface area contributed by atoms with Crippen molar-refractivity contribution < 1.29 is 4.79 Å². The summed E-state index contributed by atoms with van der Waals surface area (Å²) in [5, 5.41) is 14.3. The molecule has 0 saturated heterocycles. The summed E-state index contributed by atoms with van der Waals surface area (Å²) in [5.41, 5.74) is 3.10. The molecular formula is C23H23N7O. The van der Waals surface area contributed by atoms with E-state index in [-0.39, 0.29) is 11.9 Å². The molecule has 0 fully saturated rings. The number of carbonyl (C=O) groups excluding carboxylic acids is 1. The predicted octanol–water partition coefficient (Wildman–Crippen LogP) is 4.18. The van der Waals surface area contributed by atoms with Crippen molar-refractivity contribution in [2.24, 2.45) is 0 Å². The van der Waals surface area contributed by atoms with Crippen LogP contribution >= 0.6 is 0 Å². The van der Waals surface area contributed by atoms with Crippen molar-refractivity contribution in [2.75, 3.05) is 10.6 Å². The molecule has 0 aliphatic rings. The number of aromatic nitrogens is 5. The fraction of sp³-hybridized carbons (Fsp3) is 0.174. The number of hydrogen-bond acceptors (Lipinski definition) is 6. The Morgan fingerprint density at radius 3 is 2.77 bits per heavy atom. The van der Waals surface area contributed by atoms with E-state index in [9.17, 15) is 4.79 Å². The van der Waals surface area contributed by atoms with Crippen molar-refractivity contribution in [2.45, 2.75) is 26.4 Å². The second-order valence-corrected chi connectivity index (χ2v) is 7.31. The van der Waals surface area contributed by atoms with Gasteiger partial charge in [0.2, 0.25) is 0 Å². The fourth-order valence-corrected chi connectivity index (χ4v) is 3.10. The summed E-state index contributed by atoms with van der Waals surface area (Å²) in [6, 6.07) is 16.9. The van der Waals surface area contributed by atoms with Gasteiger partial charge in [-0.1, -0.05) is 18.2 Å². The Kier molecular flexibility index (Phi) is 5.98. The molecular weight excluding hydrogens is 390 g/mol. The summed E-state index contributed by atoms with van der Waals surface area (Å²) in [5.74, 6) is 0.877. The van der Waals surface area contributed by atoms with Gasteiger partial charge in [-0.3, -0.25) is 9.78 Å². The number of anilines is 2. The van der Waals surface area contributed by atoms with Gasteiger partial charge in [0.1, 0.15) is 17.8 Å². The first-order valence-corrected chi connectivity index (χ1v) is 10.0. The summed E-state index contributed by atoms with van der Waals surface area (Å²) in [6.45, 7) is 4.72. The molecule has 31 heavy (non-hydrogen) atoms. The minimum absolute atomic E-state index is 0.201. The normalized spacial score (nSPS) is 10.8. The van der Waals surface area contributed by atoms with Gasteiger partial charge in [-0.05, 0) is 55.8 Å². The van der Waals surface area contributed by atoms with Crippen LogP contribution in [0, 0.1) is 0 Å². The summed E-state index contributed by atoms with van der Waals surface area (Å²) >= 11 is 0. The molecule has 0 spiro atoms. The van der Waals surface area contributed by atoms with E-state index in [4.69, 9.17) is 0 Å². The number of nitrogens with one attached hydrogen (secondary N) is 2. The highest BCUT2D eigenvalue weighted by atomic mass is 16.1. The molecule has 0 bridgehead atoms. The lowest BCUT2D eigenvalue weighted by molar-refractivity contribution is 0.102. The first-order valence-electron chi connectivity index (χ1n) is 10.0. The van der Waals surface area contributed by atoms with Crippen LogP contribution in [0.2, 0.25) is 0 Å². The zero-order valence-corrected chi connectivity index (χ0v) is 17.4. The molecule has 1 amide bonds. The maximum atomic E-state index is 12.8. The first-order chi connectivity index (χ1) is 15.1. The quantitative estimate of drug-likeness (QED) is 0.472. The highest BCUT2D eigenvalue weighted by Crippen LogP contribution is 2.20. The zero-order valence-electron chi connectivity index (χ0n) is 17.4. The second-order valence-electron chi connectivity index (χ2n) is 7.31. The molecule has 8 nitrogen and oxygen atoms in total. The fourth-order valence-electron chi connectivity index (χ4n) is 3.10. The van der Waals surface area contributed by atoms with Gasteiger partial charge in [0, 0.05) is 36.2 Å². The number of amides is 1. The second kappa shape index (κ2) is 9.17. The molecule has 0 aliphatic carbocycles. The van der Waals surface area contributed by atoms with Gasteiger partial charge in [-0.2, -0.15) is 0 Å². The van der Waals surface area contributed by atoms with Gasteiger partial charge >= 0.3 is 0 Å². The Morgan fingerprint density at radius 1 is 1.10 bits per heavy atom. The summed E-state index contributed by atoms with van der Waals surface area (Å²) in [6.07, 6.45) is 5.23. The van der Waals surface area contributed by atoms with E-state index in [1.807, 2.05) is 67.1 Å². The van der Waals surface area contributed by atoms with Gasteiger partial charge in [-0.15, -0.1) is 10.2 Å². The number of nitrogens with zero attached hydrogens (tertiary/aromatic N) is 5. The van der Waals surface area contributed by atoms with Gasteiger partial charge in [0.05, 0.1) is 0 Å². The molecule has 3 aromatic heterocycles. The molecule has 156 valence electrons. The van der Waals surface area contributed by atoms with E-state index in [1.165, 1.54) is 0 Å². The maximum Gasteiger partial charge on any atom is 0.256 e. The van der Waals surface area contributed by atoms with Gasteiger partial charge < -0.3 is 15.2 Å². The molecule has 3 heterocycles. The molecule has 0 radical (unpaired) electrons. The Labute approximate surface area is 180 Å². The molecule has 0 aliphatic heterocycles. The van der Waals surface area contributed by atoms with Crippen LogP contribution in [0.3, 0.4) is 0 Å². The van der Waals surface area contributed by atoms with Crippen LogP contribution < -0.4 is 10.6 Å². The van der Waals surface area contributed by atoms with E-state index in [0.29, 0.717) is 29.4 Å². The third kappa shape index (κ3) is 4.92. The summed E-state index contributed by atoms with van der Waals surface area (Å²) < 4.78 is 1.94. The molecule has 2 N–H and O–H groups in total. The van der Waals surface area contributed by atoms with Crippen molar-refractivity contribution in [1.29, 1.82) is 0 Å². The van der Waals surface area contributed by atoms with Gasteiger partial charge in [0.25, 0.3) is 5.91 Å². The molecule has 8 heteroatoms. The van der Waals surface area contributed by atoms with Crippen molar-refractivity contribution in [3.8, 4) is 11.5 Å². The van der Waals surface area contributed by atoms with Crippen molar-refractivity contribution in [3.63, 3.8) is 0 Å². The SMILES string of the molecule is CC(C)n1cnnc1-c1cccc(NC(=O)c2cccc(NCc3cccnc3)c2)n1. The number of rotatable bonds is 7. The largest absolute Gasteiger partial charge is 0.381 e. The van der Waals surface area contributed by atoms with Crippen molar-refractivity contribution >= 4 is 17.4 Å². The van der Waals surface area contributed by atoms with Gasteiger partial charge in [0.15, 0.2) is 5.82 Å². The molecule has 4 aromatic rings. The molecule has 0 unspecified atom stereocenters. The number of hydrogen-bond donors (Lipinski definition) is 2. The van der Waals surface area contributed by atoms with E-state index in [0.717, 1.165) is 11.3 Å². The number of carbonyl (C=O) groups is 1. The molecule has 0 saturated carbocycles. The minimum Gasteiger partial charge on any atom is -0.381 e. The minimum atomic E-state index is -0.236. The number of pyridine rings is 2. The average molecular weight is 413 g/mol. The van der Waals surface area contributed by atoms with Crippen LogP contribution in [0.25, 0.3) is 11.5 Å². The van der Waals surface area contributed by atoms with Crippen molar-refractivity contribution in [1.82, 2.24) is 24.7 Å². The van der Waals surface area contributed by atoms with Crippen LogP contribution in [-0.4, -0.2) is 30.6 Å². The van der Waals surface area contributed by atoms with Crippen molar-refractivity contribution in [3.05, 3.63) is 84.4 Å². The Balaban J connectivity index is 1.47. The number of benzene rings is 1. The molecule has 1 aromatic carbocycles. The standard InChI is InChI=1S/C23H23N7O/c1-16(2)30-15-26-29-22(30)20-9-4-10-21(27-20)28-23(31)18-7-3-8-19(12-18)25-14-17-6-5-11-24-13-17/h3-13,15-16,25H,14H2,1-2H3,(H,27,28,31). The smallest absolute Gasteiger partial charge is 0.256 e. The Morgan fingerprint density at radius 2 is 1.97 bits per heavy atom. The Bertz CT molecular complexity index is 1170. The summed E-state index contributed by atoms with van der Waals surface area (Å²) in [4.78, 5) is 21.4.